The number of hydrogen-bond acceptors (Lipinski definition) is 5. The van der Waals surface area contributed by atoms with Crippen LogP contribution in [-0.2, 0) is 16.1 Å². The molecule has 0 spiro atoms. The molecule has 0 aromatic heterocycles. The number of carbonyl (C=O) groups excluding carboxylic acids is 3. The molecule has 1 atom stereocenters. The first kappa shape index (κ1) is 24.7. The molecule has 0 radical (unpaired) electrons. The number of nitrogens with zero attached hydrogens (tertiary/aromatic N) is 2. The van der Waals surface area contributed by atoms with E-state index in [1.54, 1.807) is 54.6 Å². The lowest BCUT2D eigenvalue weighted by molar-refractivity contribution is -0.122. The van der Waals surface area contributed by atoms with Crippen LogP contribution in [0.25, 0.3) is 0 Å². The molecule has 36 heavy (non-hydrogen) atoms. The fourth-order valence-electron chi connectivity index (χ4n) is 4.16. The van der Waals surface area contributed by atoms with Crippen molar-refractivity contribution in [2.75, 3.05) is 11.5 Å². The molecule has 1 aliphatic heterocycles. The molecule has 0 saturated carbocycles. The molecule has 4 rings (SSSR count). The maximum absolute atomic E-state index is 13.7. The van der Waals surface area contributed by atoms with Gasteiger partial charge in [0.1, 0.15) is 11.8 Å². The molecule has 3 aromatic rings. The zero-order valence-corrected chi connectivity index (χ0v) is 19.8. The Hall–Kier alpha value is -4.46. The number of imide groups is 1. The third kappa shape index (κ3) is 5.12. The maximum atomic E-state index is 13.7. The summed E-state index contributed by atoms with van der Waals surface area (Å²) in [5.74, 6) is -2.24. The summed E-state index contributed by atoms with van der Waals surface area (Å²) in [5, 5.41) is 9.60. The predicted octanol–water partition coefficient (Wildman–Crippen LogP) is 4.15. The lowest BCUT2D eigenvalue weighted by Crippen LogP contribution is -2.45. The second kappa shape index (κ2) is 10.9. The molecule has 184 valence electrons. The summed E-state index contributed by atoms with van der Waals surface area (Å²) < 4.78 is 5.57. The van der Waals surface area contributed by atoms with Crippen LogP contribution in [0.15, 0.2) is 78.9 Å². The number of carboxylic acids is 1. The third-order valence-electron chi connectivity index (χ3n) is 5.91. The van der Waals surface area contributed by atoms with Crippen molar-refractivity contribution < 1.29 is 29.0 Å². The molecular weight excluding hydrogens is 460 g/mol. The maximum Gasteiger partial charge on any atom is 0.336 e. The van der Waals surface area contributed by atoms with Crippen molar-refractivity contribution in [3.05, 3.63) is 95.6 Å². The third-order valence-corrected chi connectivity index (χ3v) is 5.91. The molecule has 3 aromatic carbocycles. The van der Waals surface area contributed by atoms with Crippen molar-refractivity contribution in [2.45, 2.75) is 32.4 Å². The van der Waals surface area contributed by atoms with E-state index in [0.717, 1.165) is 16.9 Å². The van der Waals surface area contributed by atoms with E-state index < -0.39 is 29.7 Å². The number of hydrogen-bond donors (Lipinski definition) is 1. The van der Waals surface area contributed by atoms with E-state index in [0.29, 0.717) is 18.0 Å². The Morgan fingerprint density at radius 3 is 2.22 bits per heavy atom. The van der Waals surface area contributed by atoms with Crippen molar-refractivity contribution in [1.82, 2.24) is 4.90 Å². The minimum Gasteiger partial charge on any atom is -0.494 e. The first-order chi connectivity index (χ1) is 17.4. The molecule has 8 heteroatoms. The lowest BCUT2D eigenvalue weighted by atomic mass is 10.0. The first-order valence-corrected chi connectivity index (χ1v) is 11.7. The Labute approximate surface area is 208 Å². The summed E-state index contributed by atoms with van der Waals surface area (Å²) in [7, 11) is 0. The van der Waals surface area contributed by atoms with Crippen LogP contribution >= 0.6 is 0 Å². The van der Waals surface area contributed by atoms with Crippen molar-refractivity contribution in [3.8, 4) is 5.75 Å². The van der Waals surface area contributed by atoms with Gasteiger partial charge < -0.3 is 14.7 Å². The van der Waals surface area contributed by atoms with Crippen LogP contribution in [0.5, 0.6) is 5.75 Å². The average molecular weight is 487 g/mol. The van der Waals surface area contributed by atoms with Crippen LogP contribution in [0.4, 0.5) is 5.69 Å². The average Bonchev–Trinajstić information content (AvgIpc) is 3.19. The highest BCUT2D eigenvalue weighted by molar-refractivity contribution is 6.23. The van der Waals surface area contributed by atoms with Crippen LogP contribution in [0.2, 0.25) is 0 Å². The van der Waals surface area contributed by atoms with E-state index in [1.165, 1.54) is 23.1 Å². The first-order valence-electron chi connectivity index (χ1n) is 11.7. The molecule has 3 amide bonds. The fourth-order valence-corrected chi connectivity index (χ4v) is 4.16. The van der Waals surface area contributed by atoms with Crippen molar-refractivity contribution in [2.24, 2.45) is 0 Å². The normalized spacial score (nSPS) is 15.1. The number of rotatable bonds is 9. The molecule has 1 heterocycles. The SMILES string of the molecule is CCCOc1ccc(N2C(=O)CC(N(Cc3ccccc3)C(=O)c3ccccc3C(=O)O)C2=O)cc1. The van der Waals surface area contributed by atoms with Crippen LogP contribution in [0.3, 0.4) is 0 Å². The highest BCUT2D eigenvalue weighted by Crippen LogP contribution is 2.29. The summed E-state index contributed by atoms with van der Waals surface area (Å²) in [5.41, 5.74) is 0.915. The Balaban J connectivity index is 1.67. The highest BCUT2D eigenvalue weighted by Gasteiger charge is 2.45. The zero-order chi connectivity index (χ0) is 25.7. The highest BCUT2D eigenvalue weighted by atomic mass is 16.5. The second-order valence-corrected chi connectivity index (χ2v) is 8.40. The van der Waals surface area contributed by atoms with Gasteiger partial charge in [0.15, 0.2) is 0 Å². The molecular formula is C28H26N2O6. The molecule has 1 saturated heterocycles. The van der Waals surface area contributed by atoms with Gasteiger partial charge in [-0.2, -0.15) is 0 Å². The van der Waals surface area contributed by atoms with Gasteiger partial charge in [-0.05, 0) is 48.4 Å². The Morgan fingerprint density at radius 2 is 1.58 bits per heavy atom. The number of anilines is 1. The molecule has 0 aliphatic carbocycles. The molecule has 1 aliphatic rings. The minimum atomic E-state index is -1.25. The number of carbonyl (C=O) groups is 4. The van der Waals surface area contributed by atoms with Crippen LogP contribution < -0.4 is 9.64 Å². The monoisotopic (exact) mass is 486 g/mol. The zero-order valence-electron chi connectivity index (χ0n) is 19.8. The largest absolute Gasteiger partial charge is 0.494 e. The van der Waals surface area contributed by atoms with E-state index in [2.05, 4.69) is 0 Å². The molecule has 8 nitrogen and oxygen atoms in total. The van der Waals surface area contributed by atoms with Crippen LogP contribution in [0, 0.1) is 0 Å². The Kier molecular flexibility index (Phi) is 7.44. The minimum absolute atomic E-state index is 0.0367. The molecule has 1 fully saturated rings. The van der Waals surface area contributed by atoms with Gasteiger partial charge in [-0.15, -0.1) is 0 Å². The second-order valence-electron chi connectivity index (χ2n) is 8.40. The van der Waals surface area contributed by atoms with Gasteiger partial charge in [-0.3, -0.25) is 14.4 Å². The summed E-state index contributed by atoms with van der Waals surface area (Å²) in [6.07, 6.45) is 0.642. The van der Waals surface area contributed by atoms with E-state index in [1.807, 2.05) is 13.0 Å². The summed E-state index contributed by atoms with van der Waals surface area (Å²) in [6.45, 7) is 2.58. The fraction of sp³-hybridized carbons (Fsp3) is 0.214. The molecule has 0 bridgehead atoms. The number of aromatic carboxylic acids is 1. The van der Waals surface area contributed by atoms with Crippen molar-refractivity contribution >= 4 is 29.4 Å². The predicted molar refractivity (Wildman–Crippen MR) is 133 cm³/mol. The van der Waals surface area contributed by atoms with Crippen molar-refractivity contribution in [3.63, 3.8) is 0 Å². The molecule has 1 N–H and O–H groups in total. The topological polar surface area (TPSA) is 104 Å². The summed E-state index contributed by atoms with van der Waals surface area (Å²) in [6, 6.07) is 20.5. The van der Waals surface area contributed by atoms with Gasteiger partial charge in [0.25, 0.3) is 11.8 Å². The van der Waals surface area contributed by atoms with Crippen molar-refractivity contribution in [1.29, 1.82) is 0 Å². The van der Waals surface area contributed by atoms with Gasteiger partial charge in [0, 0.05) is 6.54 Å². The van der Waals surface area contributed by atoms with Crippen LogP contribution in [0.1, 0.15) is 46.0 Å². The Morgan fingerprint density at radius 1 is 0.944 bits per heavy atom. The van der Waals surface area contributed by atoms with Gasteiger partial charge in [0.2, 0.25) is 5.91 Å². The lowest BCUT2D eigenvalue weighted by Gasteiger charge is -2.28. The standard InChI is InChI=1S/C28H26N2O6/c1-2-16-36-21-14-12-20(13-15-21)30-25(31)17-24(27(30)33)29(18-19-8-4-3-5-9-19)26(32)22-10-6-7-11-23(22)28(34)35/h3-15,24H,2,16-18H2,1H3,(H,34,35). The number of amides is 3. The number of carboxylic acid groups (broad SMARTS) is 1. The van der Waals surface area contributed by atoms with Crippen LogP contribution in [-0.4, -0.2) is 46.3 Å². The van der Waals surface area contributed by atoms with E-state index in [4.69, 9.17) is 4.74 Å². The van der Waals surface area contributed by atoms with Gasteiger partial charge in [-0.25, -0.2) is 9.69 Å². The van der Waals surface area contributed by atoms with E-state index in [-0.39, 0.29) is 24.1 Å². The smallest absolute Gasteiger partial charge is 0.336 e. The van der Waals surface area contributed by atoms with Gasteiger partial charge in [0.05, 0.1) is 29.8 Å². The summed E-state index contributed by atoms with van der Waals surface area (Å²) >= 11 is 0. The molecule has 1 unspecified atom stereocenters. The Bertz CT molecular complexity index is 1270. The number of ether oxygens (including phenoxy) is 1. The van der Waals surface area contributed by atoms with E-state index in [9.17, 15) is 24.3 Å². The van der Waals surface area contributed by atoms with Gasteiger partial charge >= 0.3 is 5.97 Å². The van der Waals surface area contributed by atoms with Gasteiger partial charge in [-0.1, -0.05) is 49.4 Å². The quantitative estimate of drug-likeness (QED) is 0.456. The summed E-state index contributed by atoms with van der Waals surface area (Å²) in [4.78, 5) is 54.3. The number of benzene rings is 3. The van der Waals surface area contributed by atoms with E-state index >= 15 is 0 Å².